The number of amides is 1. The van der Waals surface area contributed by atoms with Gasteiger partial charge < -0.3 is 14.4 Å². The number of esters is 1. The fraction of sp³-hybridized carbons (Fsp3) is 0.636. The molecule has 0 spiro atoms. The van der Waals surface area contributed by atoms with E-state index in [0.717, 1.165) is 37.1 Å². The molecule has 2 fully saturated rings. The molecular weight excluding hydrogens is 342 g/mol. The second-order valence-corrected chi connectivity index (χ2v) is 9.31. The van der Waals surface area contributed by atoms with Crippen molar-refractivity contribution in [1.29, 1.82) is 0 Å². The number of hydrogen-bond donors (Lipinski definition) is 0. The van der Waals surface area contributed by atoms with E-state index in [9.17, 15) is 9.59 Å². The molecule has 1 amide bonds. The molecule has 3 rings (SSSR count). The second kappa shape index (κ2) is 7.53. The van der Waals surface area contributed by atoms with Crippen LogP contribution in [0.25, 0.3) is 0 Å². The minimum atomic E-state index is -0.399. The van der Waals surface area contributed by atoms with E-state index in [2.05, 4.69) is 20.8 Å². The molecule has 2 unspecified atom stereocenters. The molecule has 0 N–H and O–H groups in total. The highest BCUT2D eigenvalue weighted by atomic mass is 16.5. The van der Waals surface area contributed by atoms with Gasteiger partial charge in [-0.1, -0.05) is 38.5 Å². The van der Waals surface area contributed by atoms with Gasteiger partial charge in [-0.05, 0) is 49.1 Å². The minimum absolute atomic E-state index is 0.0748. The Kier molecular flexibility index (Phi) is 5.50. The normalized spacial score (nSPS) is 25.9. The average Bonchev–Trinajstić information content (AvgIpc) is 2.83. The minimum Gasteiger partial charge on any atom is -0.493 e. The maximum atomic E-state index is 12.6. The summed E-state index contributed by atoms with van der Waals surface area (Å²) in [5.74, 6) is 0.253. The summed E-state index contributed by atoms with van der Waals surface area (Å²) in [6.07, 6.45) is 3.35. The maximum Gasteiger partial charge on any atom is 0.309 e. The van der Waals surface area contributed by atoms with Crippen LogP contribution in [0.5, 0.6) is 5.75 Å². The van der Waals surface area contributed by atoms with Crippen LogP contribution in [0.2, 0.25) is 0 Å². The number of ether oxygens (including phenoxy) is 2. The van der Waals surface area contributed by atoms with Crippen molar-refractivity contribution in [3.8, 4) is 5.75 Å². The molecule has 1 saturated carbocycles. The summed E-state index contributed by atoms with van der Waals surface area (Å²) in [6.45, 7) is 9.67. The van der Waals surface area contributed by atoms with Crippen LogP contribution in [0.15, 0.2) is 24.3 Å². The fourth-order valence-electron chi connectivity index (χ4n) is 4.94. The van der Waals surface area contributed by atoms with Crippen LogP contribution in [-0.4, -0.2) is 42.6 Å². The summed E-state index contributed by atoms with van der Waals surface area (Å²) in [5, 5.41) is 0. The standard InChI is InChI=1S/C22H31NO4/c1-16-5-7-18(8-6-16)26-10-9-20(25)27-13-19(24)23-15-22(4)12-17(23)11-21(2,3)14-22/h5-8,17H,9-15H2,1-4H3. The van der Waals surface area contributed by atoms with Crippen molar-refractivity contribution in [1.82, 2.24) is 4.90 Å². The van der Waals surface area contributed by atoms with Crippen molar-refractivity contribution in [2.75, 3.05) is 19.8 Å². The van der Waals surface area contributed by atoms with E-state index >= 15 is 0 Å². The molecule has 0 aromatic heterocycles. The maximum absolute atomic E-state index is 12.6. The van der Waals surface area contributed by atoms with Gasteiger partial charge in [0, 0.05) is 12.6 Å². The smallest absolute Gasteiger partial charge is 0.309 e. The Balaban J connectivity index is 1.41. The summed E-state index contributed by atoms with van der Waals surface area (Å²) in [7, 11) is 0. The van der Waals surface area contributed by atoms with E-state index in [1.807, 2.05) is 36.1 Å². The van der Waals surface area contributed by atoms with Crippen molar-refractivity contribution in [2.24, 2.45) is 10.8 Å². The number of carbonyl (C=O) groups excluding carboxylic acids is 2. The molecule has 5 heteroatoms. The van der Waals surface area contributed by atoms with Gasteiger partial charge in [-0.2, -0.15) is 0 Å². The van der Waals surface area contributed by atoms with Crippen LogP contribution in [0, 0.1) is 17.8 Å². The number of carbonyl (C=O) groups is 2. The van der Waals surface area contributed by atoms with Gasteiger partial charge in [0.05, 0.1) is 13.0 Å². The molecule has 2 aliphatic rings. The van der Waals surface area contributed by atoms with Gasteiger partial charge >= 0.3 is 5.97 Å². The highest BCUT2D eigenvalue weighted by Crippen LogP contribution is 2.52. The Morgan fingerprint density at radius 1 is 1.15 bits per heavy atom. The van der Waals surface area contributed by atoms with Gasteiger partial charge in [0.15, 0.2) is 6.61 Å². The first-order valence-electron chi connectivity index (χ1n) is 9.80. The zero-order valence-corrected chi connectivity index (χ0v) is 16.9. The number of likely N-dealkylation sites (tertiary alicyclic amines) is 1. The van der Waals surface area contributed by atoms with E-state index in [4.69, 9.17) is 9.47 Å². The van der Waals surface area contributed by atoms with Crippen LogP contribution < -0.4 is 4.74 Å². The van der Waals surface area contributed by atoms with Crippen LogP contribution in [-0.2, 0) is 14.3 Å². The first-order valence-corrected chi connectivity index (χ1v) is 9.80. The Morgan fingerprint density at radius 2 is 1.85 bits per heavy atom. The summed E-state index contributed by atoms with van der Waals surface area (Å²) < 4.78 is 10.7. The molecule has 1 aliphatic heterocycles. The number of nitrogens with zero attached hydrogens (tertiary/aromatic N) is 1. The number of fused-ring (bicyclic) bond motifs is 2. The topological polar surface area (TPSA) is 55.8 Å². The largest absolute Gasteiger partial charge is 0.493 e. The third-order valence-electron chi connectivity index (χ3n) is 5.69. The lowest BCUT2D eigenvalue weighted by molar-refractivity contribution is -0.152. The molecule has 2 atom stereocenters. The molecule has 1 heterocycles. The molecule has 0 radical (unpaired) electrons. The summed E-state index contributed by atoms with van der Waals surface area (Å²) in [4.78, 5) is 26.5. The zero-order valence-electron chi connectivity index (χ0n) is 16.9. The fourth-order valence-corrected chi connectivity index (χ4v) is 4.94. The van der Waals surface area contributed by atoms with E-state index in [0.29, 0.717) is 0 Å². The molecule has 148 valence electrons. The van der Waals surface area contributed by atoms with Crippen LogP contribution >= 0.6 is 0 Å². The zero-order chi connectivity index (χ0) is 19.7. The van der Waals surface area contributed by atoms with E-state index in [1.54, 1.807) is 0 Å². The molecule has 1 aromatic rings. The van der Waals surface area contributed by atoms with Crippen molar-refractivity contribution in [3.63, 3.8) is 0 Å². The van der Waals surface area contributed by atoms with Crippen molar-refractivity contribution in [2.45, 2.75) is 59.4 Å². The summed E-state index contributed by atoms with van der Waals surface area (Å²) >= 11 is 0. The van der Waals surface area contributed by atoms with Crippen molar-refractivity contribution in [3.05, 3.63) is 29.8 Å². The molecule has 2 bridgehead atoms. The molecule has 1 aliphatic carbocycles. The Bertz CT molecular complexity index is 697. The van der Waals surface area contributed by atoms with Gasteiger partial charge in [0.1, 0.15) is 5.75 Å². The molecular formula is C22H31NO4. The van der Waals surface area contributed by atoms with E-state index < -0.39 is 5.97 Å². The Labute approximate surface area is 162 Å². The summed E-state index contributed by atoms with van der Waals surface area (Å²) in [6, 6.07) is 7.94. The van der Waals surface area contributed by atoms with Crippen LogP contribution in [0.1, 0.15) is 52.0 Å². The van der Waals surface area contributed by atoms with Crippen LogP contribution in [0.3, 0.4) is 0 Å². The van der Waals surface area contributed by atoms with Crippen molar-refractivity contribution >= 4 is 11.9 Å². The number of rotatable bonds is 6. The number of benzene rings is 1. The predicted octanol–water partition coefficient (Wildman–Crippen LogP) is 3.73. The monoisotopic (exact) mass is 373 g/mol. The second-order valence-electron chi connectivity index (χ2n) is 9.31. The lowest BCUT2D eigenvalue weighted by Crippen LogP contribution is -2.39. The van der Waals surface area contributed by atoms with Gasteiger partial charge in [0.2, 0.25) is 0 Å². The highest BCUT2D eigenvalue weighted by molar-refractivity contribution is 5.81. The average molecular weight is 373 g/mol. The molecule has 1 saturated heterocycles. The predicted molar refractivity (Wildman–Crippen MR) is 103 cm³/mol. The highest BCUT2D eigenvalue weighted by Gasteiger charge is 2.50. The van der Waals surface area contributed by atoms with Gasteiger partial charge in [-0.3, -0.25) is 9.59 Å². The molecule has 5 nitrogen and oxygen atoms in total. The first kappa shape index (κ1) is 19.7. The van der Waals surface area contributed by atoms with Crippen LogP contribution in [0.4, 0.5) is 0 Å². The third kappa shape index (κ3) is 5.02. The van der Waals surface area contributed by atoms with Crippen molar-refractivity contribution < 1.29 is 19.1 Å². The lowest BCUT2D eigenvalue weighted by atomic mass is 9.65. The quantitative estimate of drug-likeness (QED) is 0.713. The first-order chi connectivity index (χ1) is 12.7. The van der Waals surface area contributed by atoms with Gasteiger partial charge in [-0.25, -0.2) is 0 Å². The molecule has 27 heavy (non-hydrogen) atoms. The number of aryl methyl sites for hydroxylation is 1. The van der Waals surface area contributed by atoms with E-state index in [-0.39, 0.29) is 42.4 Å². The molecule has 1 aromatic carbocycles. The lowest BCUT2D eigenvalue weighted by Gasteiger charge is -2.39. The summed E-state index contributed by atoms with van der Waals surface area (Å²) in [5.41, 5.74) is 1.61. The van der Waals surface area contributed by atoms with Gasteiger partial charge in [0.25, 0.3) is 5.91 Å². The Morgan fingerprint density at radius 3 is 2.56 bits per heavy atom. The van der Waals surface area contributed by atoms with E-state index in [1.165, 1.54) is 0 Å². The third-order valence-corrected chi connectivity index (χ3v) is 5.69. The Hall–Kier alpha value is -2.04. The van der Waals surface area contributed by atoms with Gasteiger partial charge in [-0.15, -0.1) is 0 Å². The number of hydrogen-bond acceptors (Lipinski definition) is 4. The SMILES string of the molecule is Cc1ccc(OCCC(=O)OCC(=O)N2CC3(C)CC2CC(C)(C)C3)cc1.